The number of aromatic nitrogens is 2. The second-order valence-electron chi connectivity index (χ2n) is 10.9. The Kier molecular flexibility index (Phi) is 5.36. The second-order valence-corrected chi connectivity index (χ2v) is 10.9. The summed E-state index contributed by atoms with van der Waals surface area (Å²) in [5, 5.41) is 2.85. The molecule has 1 saturated carbocycles. The molecule has 0 radical (unpaired) electrons. The Morgan fingerprint density at radius 3 is 2.68 bits per heavy atom. The summed E-state index contributed by atoms with van der Waals surface area (Å²) in [5.41, 5.74) is 1.52. The summed E-state index contributed by atoms with van der Waals surface area (Å²) in [6.45, 7) is 7.31. The third-order valence-corrected chi connectivity index (χ3v) is 8.29. The highest BCUT2D eigenvalue weighted by atomic mass is 19.4. The van der Waals surface area contributed by atoms with Gasteiger partial charge >= 0.3 is 12.1 Å². The lowest BCUT2D eigenvalue weighted by Crippen LogP contribution is -2.63. The van der Waals surface area contributed by atoms with Crippen LogP contribution in [0.2, 0.25) is 0 Å². The lowest BCUT2D eigenvalue weighted by Gasteiger charge is -2.42. The first-order valence-electron chi connectivity index (χ1n) is 12.7. The van der Waals surface area contributed by atoms with Crippen molar-refractivity contribution in [1.29, 1.82) is 0 Å². The van der Waals surface area contributed by atoms with Crippen LogP contribution in [0.15, 0.2) is 24.3 Å². The maximum Gasteiger partial charge on any atom is 0.422 e. The first-order valence-corrected chi connectivity index (χ1v) is 12.7. The van der Waals surface area contributed by atoms with Crippen LogP contribution < -0.4 is 15.0 Å². The van der Waals surface area contributed by atoms with Crippen LogP contribution in [0.4, 0.5) is 24.8 Å². The molecule has 3 aliphatic heterocycles. The molecule has 6 rings (SSSR count). The molecule has 1 spiro atoms. The van der Waals surface area contributed by atoms with Gasteiger partial charge in [0.1, 0.15) is 17.4 Å². The van der Waals surface area contributed by atoms with Crippen LogP contribution in [0, 0.1) is 12.8 Å². The number of carbonyl (C=O) groups excluding carboxylic acids is 2. The van der Waals surface area contributed by atoms with Gasteiger partial charge in [-0.15, -0.1) is 0 Å². The zero-order valence-corrected chi connectivity index (χ0v) is 21.5. The van der Waals surface area contributed by atoms with Gasteiger partial charge in [0.25, 0.3) is 0 Å². The maximum atomic E-state index is 14.2. The van der Waals surface area contributed by atoms with Crippen LogP contribution in [0.3, 0.4) is 0 Å². The van der Waals surface area contributed by atoms with Crippen molar-refractivity contribution in [2.45, 2.75) is 57.5 Å². The number of rotatable bonds is 6. The molecule has 2 amide bonds. The molecule has 3 unspecified atom stereocenters. The highest BCUT2D eigenvalue weighted by Gasteiger charge is 3.04. The molecule has 12 heteroatoms. The van der Waals surface area contributed by atoms with E-state index in [2.05, 4.69) is 15.3 Å². The number of morpholine rings is 1. The van der Waals surface area contributed by atoms with Crippen molar-refractivity contribution in [3.63, 3.8) is 0 Å². The molecule has 0 aromatic carbocycles. The van der Waals surface area contributed by atoms with Gasteiger partial charge in [-0.05, 0) is 32.0 Å². The standard InChI is InChI=1S/C26H28F3N5O4/c1-13(2)23(35)31-18-10-16(9-14(3)30-18)15(4)34-20-21(34)25(20)11-37-8-7-33(25)22-17(24(34)36)5-6-19(32-22)38-12-26(27,28)29/h5-6,9-10,13,15,20-21H,7-8,11-12H2,1-4H3/p+1. The summed E-state index contributed by atoms with van der Waals surface area (Å²) in [5.74, 6) is 0.136. The smallest absolute Gasteiger partial charge is 0.422 e. The number of fused-ring (bicyclic) bond motifs is 3. The number of ether oxygens (including phenoxy) is 2. The number of hydrogen-bond donors (Lipinski definition) is 1. The SMILES string of the molecule is Cc1cc(C(C)[N+]23C(=O)c4ccc(OCC(F)(F)F)nc4N4CCOCC45C2C53)cc(NC(=O)C(C)C)n1. The van der Waals surface area contributed by atoms with E-state index in [9.17, 15) is 22.8 Å². The molecular formula is C26H29F3N5O4+. The molecule has 2 aromatic rings. The highest BCUT2D eigenvalue weighted by molar-refractivity contribution is 5.99. The molecule has 3 fully saturated rings. The molecule has 2 aromatic heterocycles. The fourth-order valence-electron chi connectivity index (χ4n) is 6.55. The summed E-state index contributed by atoms with van der Waals surface area (Å²) in [7, 11) is 0. The predicted molar refractivity (Wildman–Crippen MR) is 130 cm³/mol. The Bertz CT molecular complexity index is 1340. The number of nitrogens with zero attached hydrogens (tertiary/aromatic N) is 4. The Balaban J connectivity index is 1.37. The van der Waals surface area contributed by atoms with Crippen molar-refractivity contribution in [3.8, 4) is 5.88 Å². The third kappa shape index (κ3) is 3.46. The van der Waals surface area contributed by atoms with Gasteiger partial charge in [0.2, 0.25) is 11.8 Å². The number of aryl methyl sites for hydroxylation is 1. The van der Waals surface area contributed by atoms with E-state index in [1.54, 1.807) is 13.8 Å². The third-order valence-electron chi connectivity index (χ3n) is 8.29. The van der Waals surface area contributed by atoms with Crippen molar-refractivity contribution in [2.75, 3.05) is 36.6 Å². The van der Waals surface area contributed by atoms with Gasteiger partial charge in [0.15, 0.2) is 30.0 Å². The lowest BCUT2D eigenvalue weighted by atomic mass is 10.0. The molecule has 9 nitrogen and oxygen atoms in total. The summed E-state index contributed by atoms with van der Waals surface area (Å²) in [6.07, 6.45) is -4.50. The van der Waals surface area contributed by atoms with Gasteiger partial charge < -0.3 is 19.7 Å². The van der Waals surface area contributed by atoms with E-state index in [1.807, 2.05) is 30.9 Å². The van der Waals surface area contributed by atoms with Crippen LogP contribution in [0.1, 0.15) is 48.4 Å². The van der Waals surface area contributed by atoms with Crippen LogP contribution in [0.25, 0.3) is 0 Å². The van der Waals surface area contributed by atoms with E-state index in [1.165, 1.54) is 12.1 Å². The number of hydrogen-bond acceptors (Lipinski definition) is 7. The number of anilines is 2. The molecule has 3 atom stereocenters. The number of amides is 2. The fourth-order valence-corrected chi connectivity index (χ4v) is 6.55. The van der Waals surface area contributed by atoms with E-state index in [0.717, 1.165) is 11.3 Å². The fraction of sp³-hybridized carbons (Fsp3) is 0.538. The van der Waals surface area contributed by atoms with Crippen LogP contribution in [-0.4, -0.2) is 76.4 Å². The molecular weight excluding hydrogens is 503 g/mol. The van der Waals surface area contributed by atoms with E-state index >= 15 is 0 Å². The minimum atomic E-state index is -4.50. The first-order chi connectivity index (χ1) is 17.9. The van der Waals surface area contributed by atoms with Crippen molar-refractivity contribution in [1.82, 2.24) is 9.97 Å². The van der Waals surface area contributed by atoms with Crippen LogP contribution in [0.5, 0.6) is 5.88 Å². The average Bonchev–Trinajstić information content (AvgIpc) is 3.75. The van der Waals surface area contributed by atoms with Gasteiger partial charge in [-0.25, -0.2) is 14.3 Å². The van der Waals surface area contributed by atoms with E-state index < -0.39 is 18.3 Å². The van der Waals surface area contributed by atoms with Gasteiger partial charge in [0, 0.05) is 29.8 Å². The molecule has 202 valence electrons. The van der Waals surface area contributed by atoms with E-state index in [-0.39, 0.29) is 46.2 Å². The molecule has 4 aliphatic rings. The number of alkyl halides is 3. The second kappa shape index (κ2) is 8.12. The normalized spacial score (nSPS) is 29.6. The Hall–Kier alpha value is -3.25. The monoisotopic (exact) mass is 532 g/mol. The molecule has 0 bridgehead atoms. The Morgan fingerprint density at radius 1 is 1.26 bits per heavy atom. The van der Waals surface area contributed by atoms with Gasteiger partial charge in [-0.3, -0.25) is 4.79 Å². The van der Waals surface area contributed by atoms with Gasteiger partial charge in [-0.1, -0.05) is 13.8 Å². The summed E-state index contributed by atoms with van der Waals surface area (Å²) in [4.78, 5) is 37.4. The Labute approximate surface area is 217 Å². The summed E-state index contributed by atoms with van der Waals surface area (Å²) in [6, 6.07) is 6.28. The quantitative estimate of drug-likeness (QED) is 0.450. The van der Waals surface area contributed by atoms with E-state index in [0.29, 0.717) is 37.0 Å². The van der Waals surface area contributed by atoms with E-state index in [4.69, 9.17) is 9.47 Å². The minimum absolute atomic E-state index is 0.0266. The average molecular weight is 533 g/mol. The maximum absolute atomic E-state index is 14.2. The number of carbonyl (C=O) groups is 2. The number of pyridine rings is 2. The van der Waals surface area contributed by atoms with Crippen LogP contribution in [-0.2, 0) is 9.53 Å². The zero-order chi connectivity index (χ0) is 27.2. The van der Waals surface area contributed by atoms with Gasteiger partial charge in [0.05, 0.1) is 13.2 Å². The lowest BCUT2D eigenvalue weighted by molar-refractivity contribution is -0.808. The first kappa shape index (κ1) is 25.1. The Morgan fingerprint density at radius 2 is 2.00 bits per heavy atom. The predicted octanol–water partition coefficient (Wildman–Crippen LogP) is 3.39. The minimum Gasteiger partial charge on any atom is -0.468 e. The molecule has 1 aliphatic carbocycles. The van der Waals surface area contributed by atoms with Crippen molar-refractivity contribution < 1.29 is 36.7 Å². The van der Waals surface area contributed by atoms with Gasteiger partial charge in [-0.2, -0.15) is 18.2 Å². The van der Waals surface area contributed by atoms with Crippen molar-refractivity contribution in [2.24, 2.45) is 5.92 Å². The number of quaternary nitrogens is 1. The number of nitrogens with one attached hydrogen (secondary N) is 1. The summed E-state index contributed by atoms with van der Waals surface area (Å²) >= 11 is 0. The molecule has 1 N–H and O–H groups in total. The van der Waals surface area contributed by atoms with Crippen LogP contribution >= 0.6 is 0 Å². The van der Waals surface area contributed by atoms with Crippen molar-refractivity contribution >= 4 is 23.5 Å². The number of halogens is 3. The largest absolute Gasteiger partial charge is 0.468 e. The topological polar surface area (TPSA) is 93.6 Å². The summed E-state index contributed by atoms with van der Waals surface area (Å²) < 4.78 is 49.2. The molecule has 38 heavy (non-hydrogen) atoms. The highest BCUT2D eigenvalue weighted by Crippen LogP contribution is 2.76. The zero-order valence-electron chi connectivity index (χ0n) is 21.5. The van der Waals surface area contributed by atoms with Crippen molar-refractivity contribution in [3.05, 3.63) is 41.1 Å². The molecule has 2 saturated heterocycles. The molecule has 5 heterocycles.